The average molecular weight is 269 g/mol. The highest BCUT2D eigenvalue weighted by molar-refractivity contribution is 7.90. The van der Waals surface area contributed by atoms with Crippen LogP contribution in [0.2, 0.25) is 0 Å². The van der Waals surface area contributed by atoms with Crippen LogP contribution in [0, 0.1) is 6.92 Å². The molecule has 0 heterocycles. The first-order chi connectivity index (χ1) is 8.40. The van der Waals surface area contributed by atoms with E-state index in [0.717, 1.165) is 12.8 Å². The molecule has 0 saturated carbocycles. The zero-order valence-corrected chi connectivity index (χ0v) is 12.3. The molecule has 1 aromatic carbocycles. The maximum atomic E-state index is 11.1. The van der Waals surface area contributed by atoms with Gasteiger partial charge in [0, 0.05) is 12.3 Å². The van der Waals surface area contributed by atoms with E-state index in [1.807, 2.05) is 7.05 Å². The van der Waals surface area contributed by atoms with Crippen LogP contribution < -0.4 is 5.32 Å². The minimum atomic E-state index is -2.86. The van der Waals surface area contributed by atoms with Gasteiger partial charge in [0.1, 0.15) is 9.84 Å². The van der Waals surface area contributed by atoms with Gasteiger partial charge in [0.25, 0.3) is 0 Å². The molecule has 0 aliphatic rings. The summed E-state index contributed by atoms with van der Waals surface area (Å²) in [5.74, 6) is 0.256. The van der Waals surface area contributed by atoms with Crippen molar-refractivity contribution in [1.29, 1.82) is 0 Å². The van der Waals surface area contributed by atoms with Crippen molar-refractivity contribution >= 4 is 9.84 Å². The Bertz CT molecular complexity index is 451. The fourth-order valence-corrected chi connectivity index (χ4v) is 2.60. The van der Waals surface area contributed by atoms with Crippen molar-refractivity contribution in [2.24, 2.45) is 0 Å². The average Bonchev–Trinajstić information content (AvgIpc) is 2.30. The third-order valence-electron chi connectivity index (χ3n) is 3.15. The molecular weight excluding hydrogens is 246 g/mol. The summed E-state index contributed by atoms with van der Waals surface area (Å²) in [6.45, 7) is 2.08. The summed E-state index contributed by atoms with van der Waals surface area (Å²) in [5.41, 5.74) is 2.57. The van der Waals surface area contributed by atoms with Gasteiger partial charge in [0.2, 0.25) is 0 Å². The molecule has 0 aromatic heterocycles. The monoisotopic (exact) mass is 269 g/mol. The number of rotatable bonds is 7. The zero-order valence-electron chi connectivity index (χ0n) is 11.4. The van der Waals surface area contributed by atoms with Crippen LogP contribution >= 0.6 is 0 Å². The van der Waals surface area contributed by atoms with Gasteiger partial charge in [-0.05, 0) is 38.8 Å². The molecule has 4 heteroatoms. The quantitative estimate of drug-likeness (QED) is 0.823. The molecule has 1 unspecified atom stereocenters. The van der Waals surface area contributed by atoms with Gasteiger partial charge in [0.05, 0.1) is 5.75 Å². The van der Waals surface area contributed by atoms with E-state index < -0.39 is 9.84 Å². The Balaban J connectivity index is 2.42. The van der Waals surface area contributed by atoms with Crippen LogP contribution in [0.15, 0.2) is 24.3 Å². The van der Waals surface area contributed by atoms with Crippen LogP contribution in [-0.2, 0) is 16.3 Å². The van der Waals surface area contributed by atoms with Crippen LogP contribution in [0.5, 0.6) is 0 Å². The topological polar surface area (TPSA) is 46.2 Å². The number of nitrogens with one attached hydrogen (secondary N) is 1. The maximum Gasteiger partial charge on any atom is 0.147 e. The fourth-order valence-electron chi connectivity index (χ4n) is 1.88. The number of aryl methyl sites for hydroxylation is 2. The van der Waals surface area contributed by atoms with Gasteiger partial charge in [-0.2, -0.15) is 0 Å². The second-order valence-corrected chi connectivity index (χ2v) is 7.19. The van der Waals surface area contributed by atoms with Crippen LogP contribution in [0.25, 0.3) is 0 Å². The summed E-state index contributed by atoms with van der Waals surface area (Å²) in [7, 11) is -0.967. The van der Waals surface area contributed by atoms with Gasteiger partial charge in [-0.1, -0.05) is 29.8 Å². The van der Waals surface area contributed by atoms with Gasteiger partial charge in [-0.25, -0.2) is 8.42 Å². The molecule has 0 fully saturated rings. The largest absolute Gasteiger partial charge is 0.317 e. The van der Waals surface area contributed by atoms with Crippen LogP contribution in [0.3, 0.4) is 0 Å². The van der Waals surface area contributed by atoms with E-state index in [1.54, 1.807) is 0 Å². The summed E-state index contributed by atoms with van der Waals surface area (Å²) in [4.78, 5) is 0. The highest BCUT2D eigenvalue weighted by Crippen LogP contribution is 2.09. The Morgan fingerprint density at radius 1 is 1.17 bits per heavy atom. The second-order valence-electron chi connectivity index (χ2n) is 4.93. The van der Waals surface area contributed by atoms with Crippen molar-refractivity contribution in [2.45, 2.75) is 32.2 Å². The standard InChI is InChI=1S/C14H23NO2S/c1-12-4-6-13(7-5-12)8-9-14(15-2)10-11-18(3,16)17/h4-7,14-15H,8-11H2,1-3H3. The van der Waals surface area contributed by atoms with Gasteiger partial charge < -0.3 is 5.32 Å². The highest BCUT2D eigenvalue weighted by Gasteiger charge is 2.10. The minimum Gasteiger partial charge on any atom is -0.317 e. The Hall–Kier alpha value is -0.870. The fraction of sp³-hybridized carbons (Fsp3) is 0.571. The molecule has 1 atom stereocenters. The Morgan fingerprint density at radius 3 is 2.28 bits per heavy atom. The molecule has 1 aromatic rings. The second kappa shape index (κ2) is 6.90. The van der Waals surface area contributed by atoms with Crippen LogP contribution in [-0.4, -0.2) is 33.5 Å². The first-order valence-electron chi connectivity index (χ1n) is 6.31. The van der Waals surface area contributed by atoms with Crippen molar-refractivity contribution in [3.05, 3.63) is 35.4 Å². The summed E-state index contributed by atoms with van der Waals surface area (Å²) in [5, 5.41) is 3.19. The lowest BCUT2D eigenvalue weighted by Crippen LogP contribution is -2.28. The summed E-state index contributed by atoms with van der Waals surface area (Å²) < 4.78 is 22.3. The van der Waals surface area contributed by atoms with E-state index in [0.29, 0.717) is 6.42 Å². The minimum absolute atomic E-state index is 0.256. The number of hydrogen-bond donors (Lipinski definition) is 1. The summed E-state index contributed by atoms with van der Waals surface area (Å²) in [6, 6.07) is 8.76. The van der Waals surface area contributed by atoms with E-state index in [4.69, 9.17) is 0 Å². The van der Waals surface area contributed by atoms with Gasteiger partial charge in [-0.3, -0.25) is 0 Å². The van der Waals surface area contributed by atoms with Crippen LogP contribution in [0.4, 0.5) is 0 Å². The van der Waals surface area contributed by atoms with Crippen molar-refractivity contribution in [2.75, 3.05) is 19.1 Å². The third-order valence-corrected chi connectivity index (χ3v) is 4.12. The molecule has 1 rings (SSSR count). The summed E-state index contributed by atoms with van der Waals surface area (Å²) in [6.07, 6.45) is 3.92. The Kier molecular flexibility index (Phi) is 5.82. The van der Waals surface area contributed by atoms with E-state index in [1.165, 1.54) is 17.4 Å². The SMILES string of the molecule is CNC(CCc1ccc(C)cc1)CCS(C)(=O)=O. The first kappa shape index (κ1) is 15.2. The van der Waals surface area contributed by atoms with Crippen molar-refractivity contribution in [1.82, 2.24) is 5.32 Å². The van der Waals surface area contributed by atoms with Gasteiger partial charge in [0.15, 0.2) is 0 Å². The Labute approximate surface area is 111 Å². The van der Waals surface area contributed by atoms with E-state index >= 15 is 0 Å². The van der Waals surface area contributed by atoms with E-state index in [2.05, 4.69) is 36.5 Å². The molecule has 102 valence electrons. The normalized spacial score (nSPS) is 13.5. The first-order valence-corrected chi connectivity index (χ1v) is 8.37. The predicted molar refractivity (Wildman–Crippen MR) is 76.7 cm³/mol. The van der Waals surface area contributed by atoms with E-state index in [-0.39, 0.29) is 11.8 Å². The Morgan fingerprint density at radius 2 is 1.78 bits per heavy atom. The molecule has 0 amide bonds. The van der Waals surface area contributed by atoms with Crippen LogP contribution in [0.1, 0.15) is 24.0 Å². The number of benzene rings is 1. The molecule has 18 heavy (non-hydrogen) atoms. The van der Waals surface area contributed by atoms with Gasteiger partial charge >= 0.3 is 0 Å². The predicted octanol–water partition coefficient (Wildman–Crippen LogP) is 1.95. The zero-order chi connectivity index (χ0) is 13.6. The summed E-state index contributed by atoms with van der Waals surface area (Å²) >= 11 is 0. The van der Waals surface area contributed by atoms with Gasteiger partial charge in [-0.15, -0.1) is 0 Å². The van der Waals surface area contributed by atoms with Crippen molar-refractivity contribution in [3.63, 3.8) is 0 Å². The molecule has 0 radical (unpaired) electrons. The smallest absolute Gasteiger partial charge is 0.147 e. The molecule has 0 bridgehead atoms. The molecule has 0 aliphatic heterocycles. The van der Waals surface area contributed by atoms with Crippen molar-refractivity contribution < 1.29 is 8.42 Å². The molecule has 0 saturated heterocycles. The third kappa shape index (κ3) is 6.17. The number of sulfone groups is 1. The molecule has 0 spiro atoms. The lowest BCUT2D eigenvalue weighted by molar-refractivity contribution is 0.504. The van der Waals surface area contributed by atoms with E-state index in [9.17, 15) is 8.42 Å². The lowest BCUT2D eigenvalue weighted by atomic mass is 10.0. The van der Waals surface area contributed by atoms with Crippen molar-refractivity contribution in [3.8, 4) is 0 Å². The molecule has 1 N–H and O–H groups in total. The molecular formula is C14H23NO2S. The highest BCUT2D eigenvalue weighted by atomic mass is 32.2. The number of hydrogen-bond acceptors (Lipinski definition) is 3. The lowest BCUT2D eigenvalue weighted by Gasteiger charge is -2.15. The maximum absolute atomic E-state index is 11.1. The molecule has 0 aliphatic carbocycles. The molecule has 3 nitrogen and oxygen atoms in total.